The molecule has 0 heterocycles. The summed E-state index contributed by atoms with van der Waals surface area (Å²) in [5.74, 6) is -0.982. The van der Waals surface area contributed by atoms with Gasteiger partial charge in [-0.2, -0.15) is 0 Å². The van der Waals surface area contributed by atoms with Crippen LogP contribution >= 0.6 is 0 Å². The van der Waals surface area contributed by atoms with E-state index in [4.69, 9.17) is 9.47 Å². The standard InChI is InChI=1S/C13H16O5/c1-3-10(15)8-17-13(16)11-6-4-5-7-12(11)18-9(2)14/h4-7,10,15H,3,8H2,1-2H3. The van der Waals surface area contributed by atoms with Gasteiger partial charge in [-0.25, -0.2) is 4.79 Å². The molecule has 98 valence electrons. The number of rotatable bonds is 5. The normalized spacial score (nSPS) is 11.7. The van der Waals surface area contributed by atoms with Crippen molar-refractivity contribution in [2.45, 2.75) is 26.4 Å². The molecule has 0 spiro atoms. The molecule has 1 unspecified atom stereocenters. The topological polar surface area (TPSA) is 72.8 Å². The molecule has 0 saturated heterocycles. The van der Waals surface area contributed by atoms with Crippen molar-refractivity contribution in [3.8, 4) is 5.75 Å². The molecule has 18 heavy (non-hydrogen) atoms. The molecular formula is C13H16O5. The first-order chi connectivity index (χ1) is 8.54. The first kappa shape index (κ1) is 14.2. The van der Waals surface area contributed by atoms with Crippen molar-refractivity contribution >= 4 is 11.9 Å². The highest BCUT2D eigenvalue weighted by Gasteiger charge is 2.15. The molecule has 0 saturated carbocycles. The Hall–Kier alpha value is -1.88. The van der Waals surface area contributed by atoms with Gasteiger partial charge in [0.1, 0.15) is 17.9 Å². The van der Waals surface area contributed by atoms with E-state index in [1.54, 1.807) is 19.1 Å². The number of esters is 2. The minimum atomic E-state index is -0.685. The Morgan fingerprint density at radius 2 is 2.00 bits per heavy atom. The average Bonchev–Trinajstić information content (AvgIpc) is 2.35. The minimum Gasteiger partial charge on any atom is -0.459 e. The summed E-state index contributed by atoms with van der Waals surface area (Å²) >= 11 is 0. The molecule has 5 heteroatoms. The zero-order chi connectivity index (χ0) is 13.5. The van der Waals surface area contributed by atoms with E-state index in [-0.39, 0.29) is 17.9 Å². The molecule has 5 nitrogen and oxygen atoms in total. The third kappa shape index (κ3) is 4.18. The monoisotopic (exact) mass is 252 g/mol. The zero-order valence-corrected chi connectivity index (χ0v) is 10.4. The van der Waals surface area contributed by atoms with Gasteiger partial charge >= 0.3 is 11.9 Å². The van der Waals surface area contributed by atoms with E-state index >= 15 is 0 Å². The van der Waals surface area contributed by atoms with Gasteiger partial charge in [-0.05, 0) is 18.6 Å². The molecule has 1 rings (SSSR count). The summed E-state index contributed by atoms with van der Waals surface area (Å²) in [6, 6.07) is 6.29. The number of ether oxygens (including phenoxy) is 2. The van der Waals surface area contributed by atoms with Crippen LogP contribution in [-0.4, -0.2) is 29.8 Å². The van der Waals surface area contributed by atoms with Crippen molar-refractivity contribution in [3.63, 3.8) is 0 Å². The lowest BCUT2D eigenvalue weighted by molar-refractivity contribution is -0.131. The number of aliphatic hydroxyl groups excluding tert-OH is 1. The highest BCUT2D eigenvalue weighted by Crippen LogP contribution is 2.19. The number of para-hydroxylation sites is 1. The number of carbonyl (C=O) groups excluding carboxylic acids is 2. The molecule has 0 aliphatic carbocycles. The second-order valence-corrected chi connectivity index (χ2v) is 3.75. The predicted molar refractivity (Wildman–Crippen MR) is 64.3 cm³/mol. The van der Waals surface area contributed by atoms with Crippen LogP contribution in [0.1, 0.15) is 30.6 Å². The van der Waals surface area contributed by atoms with Crippen LogP contribution < -0.4 is 4.74 Å². The quantitative estimate of drug-likeness (QED) is 0.635. The van der Waals surface area contributed by atoms with E-state index in [2.05, 4.69) is 0 Å². The molecule has 1 atom stereocenters. The maximum absolute atomic E-state index is 11.7. The fourth-order valence-electron chi connectivity index (χ4n) is 1.25. The molecular weight excluding hydrogens is 236 g/mol. The highest BCUT2D eigenvalue weighted by atomic mass is 16.6. The summed E-state index contributed by atoms with van der Waals surface area (Å²) in [5, 5.41) is 9.31. The predicted octanol–water partition coefficient (Wildman–Crippen LogP) is 1.54. The van der Waals surface area contributed by atoms with Gasteiger partial charge in [0.2, 0.25) is 0 Å². The number of carbonyl (C=O) groups is 2. The molecule has 0 radical (unpaired) electrons. The summed E-state index contributed by atoms with van der Waals surface area (Å²) in [4.78, 5) is 22.6. The van der Waals surface area contributed by atoms with E-state index in [0.717, 1.165) is 0 Å². The smallest absolute Gasteiger partial charge is 0.342 e. The van der Waals surface area contributed by atoms with Gasteiger partial charge in [-0.15, -0.1) is 0 Å². The molecule has 0 bridgehead atoms. The Morgan fingerprint density at radius 1 is 1.33 bits per heavy atom. The second kappa shape index (κ2) is 6.76. The number of hydrogen-bond donors (Lipinski definition) is 1. The molecule has 1 N–H and O–H groups in total. The molecule has 1 aromatic carbocycles. The summed E-state index contributed by atoms with van der Waals surface area (Å²) in [7, 11) is 0. The molecule has 1 aromatic rings. The highest BCUT2D eigenvalue weighted by molar-refractivity contribution is 5.93. The van der Waals surface area contributed by atoms with Crippen LogP contribution in [0.4, 0.5) is 0 Å². The number of aliphatic hydroxyl groups is 1. The van der Waals surface area contributed by atoms with E-state index in [9.17, 15) is 14.7 Å². The first-order valence-corrected chi connectivity index (χ1v) is 5.67. The van der Waals surface area contributed by atoms with Crippen molar-refractivity contribution in [1.29, 1.82) is 0 Å². The van der Waals surface area contributed by atoms with Crippen LogP contribution in [0.25, 0.3) is 0 Å². The number of hydrogen-bond acceptors (Lipinski definition) is 5. The van der Waals surface area contributed by atoms with Crippen molar-refractivity contribution in [1.82, 2.24) is 0 Å². The van der Waals surface area contributed by atoms with E-state index in [1.165, 1.54) is 19.1 Å². The van der Waals surface area contributed by atoms with E-state index in [0.29, 0.717) is 6.42 Å². The summed E-state index contributed by atoms with van der Waals surface area (Å²) in [5.41, 5.74) is 0.163. The maximum atomic E-state index is 11.7. The maximum Gasteiger partial charge on any atom is 0.342 e. The molecule has 0 aliphatic rings. The Morgan fingerprint density at radius 3 is 2.61 bits per heavy atom. The van der Waals surface area contributed by atoms with Crippen LogP contribution in [0.5, 0.6) is 5.75 Å². The third-order valence-corrected chi connectivity index (χ3v) is 2.24. The lowest BCUT2D eigenvalue weighted by Gasteiger charge is -2.11. The Labute approximate surface area is 105 Å². The van der Waals surface area contributed by atoms with Gasteiger partial charge in [-0.3, -0.25) is 4.79 Å². The van der Waals surface area contributed by atoms with E-state index < -0.39 is 18.0 Å². The number of benzene rings is 1. The fraction of sp³-hybridized carbons (Fsp3) is 0.385. The minimum absolute atomic E-state index is 0.0796. The van der Waals surface area contributed by atoms with Gasteiger partial charge < -0.3 is 14.6 Å². The van der Waals surface area contributed by atoms with Gasteiger partial charge in [0.25, 0.3) is 0 Å². The lowest BCUT2D eigenvalue weighted by Crippen LogP contribution is -2.18. The molecule has 0 amide bonds. The van der Waals surface area contributed by atoms with Crippen molar-refractivity contribution in [2.24, 2.45) is 0 Å². The van der Waals surface area contributed by atoms with Gasteiger partial charge in [0, 0.05) is 6.92 Å². The lowest BCUT2D eigenvalue weighted by atomic mass is 10.2. The molecule has 0 aliphatic heterocycles. The summed E-state index contributed by atoms with van der Waals surface area (Å²) < 4.78 is 9.82. The fourth-order valence-corrected chi connectivity index (χ4v) is 1.25. The van der Waals surface area contributed by atoms with Crippen molar-refractivity contribution in [3.05, 3.63) is 29.8 Å². The largest absolute Gasteiger partial charge is 0.459 e. The summed E-state index contributed by atoms with van der Waals surface area (Å²) in [6.07, 6.45) is -0.186. The van der Waals surface area contributed by atoms with Crippen LogP contribution in [0.2, 0.25) is 0 Å². The Balaban J connectivity index is 2.75. The SMILES string of the molecule is CCC(O)COC(=O)c1ccccc1OC(C)=O. The van der Waals surface area contributed by atoms with Gasteiger partial charge in [0.05, 0.1) is 6.10 Å². The Bertz CT molecular complexity index is 427. The first-order valence-electron chi connectivity index (χ1n) is 5.67. The van der Waals surface area contributed by atoms with E-state index in [1.807, 2.05) is 0 Å². The molecule has 0 aromatic heterocycles. The van der Waals surface area contributed by atoms with Crippen LogP contribution in [-0.2, 0) is 9.53 Å². The average molecular weight is 252 g/mol. The third-order valence-electron chi connectivity index (χ3n) is 2.24. The van der Waals surface area contributed by atoms with Crippen LogP contribution in [0.3, 0.4) is 0 Å². The van der Waals surface area contributed by atoms with Gasteiger partial charge in [-0.1, -0.05) is 19.1 Å². The zero-order valence-electron chi connectivity index (χ0n) is 10.4. The second-order valence-electron chi connectivity index (χ2n) is 3.75. The van der Waals surface area contributed by atoms with Gasteiger partial charge in [0.15, 0.2) is 0 Å². The van der Waals surface area contributed by atoms with Crippen molar-refractivity contribution < 1.29 is 24.2 Å². The Kier molecular flexibility index (Phi) is 5.32. The van der Waals surface area contributed by atoms with Crippen molar-refractivity contribution in [2.75, 3.05) is 6.61 Å². The van der Waals surface area contributed by atoms with Crippen LogP contribution in [0.15, 0.2) is 24.3 Å². The van der Waals surface area contributed by atoms with Crippen LogP contribution in [0, 0.1) is 0 Å². The summed E-state index contributed by atoms with van der Waals surface area (Å²) in [6.45, 7) is 2.96. The molecule has 0 fully saturated rings.